The first kappa shape index (κ1) is 18.9. The molecule has 1 N–H and O–H groups in total. The molecular formula is C22H23N5O2. The van der Waals surface area contributed by atoms with Gasteiger partial charge in [-0.05, 0) is 56.2 Å². The molecule has 3 aromatic rings. The van der Waals surface area contributed by atoms with E-state index in [1.54, 1.807) is 18.3 Å². The van der Waals surface area contributed by atoms with Crippen molar-refractivity contribution >= 4 is 17.4 Å². The molecule has 7 heteroatoms. The fourth-order valence-corrected chi connectivity index (χ4v) is 3.36. The molecule has 1 fully saturated rings. The third kappa shape index (κ3) is 4.34. The lowest BCUT2D eigenvalue weighted by molar-refractivity contribution is 0.102. The minimum atomic E-state index is -0.269. The summed E-state index contributed by atoms with van der Waals surface area (Å²) < 4.78 is 5.45. The zero-order valence-corrected chi connectivity index (χ0v) is 16.3. The van der Waals surface area contributed by atoms with Crippen molar-refractivity contribution < 1.29 is 9.53 Å². The number of aromatic nitrogens is 3. The number of hydrogen-bond acceptors (Lipinski definition) is 6. The Labute approximate surface area is 169 Å². The Balaban J connectivity index is 1.51. The fraction of sp³-hybridized carbons (Fsp3) is 0.273. The van der Waals surface area contributed by atoms with E-state index in [1.165, 1.54) is 12.8 Å². The maximum Gasteiger partial charge on any atom is 0.261 e. The molecule has 7 nitrogen and oxygen atoms in total. The van der Waals surface area contributed by atoms with E-state index in [1.807, 2.05) is 43.3 Å². The molecule has 0 unspecified atom stereocenters. The van der Waals surface area contributed by atoms with Crippen molar-refractivity contribution in [1.29, 1.82) is 0 Å². The van der Waals surface area contributed by atoms with Crippen LogP contribution in [0.15, 0.2) is 54.7 Å². The van der Waals surface area contributed by atoms with Crippen LogP contribution in [-0.4, -0.2) is 40.8 Å². The molecule has 1 aliphatic rings. The van der Waals surface area contributed by atoms with Crippen molar-refractivity contribution in [3.8, 4) is 17.1 Å². The van der Waals surface area contributed by atoms with Gasteiger partial charge in [0.25, 0.3) is 5.91 Å². The Hall–Kier alpha value is -3.48. The zero-order chi connectivity index (χ0) is 20.1. The molecule has 0 atom stereocenters. The van der Waals surface area contributed by atoms with Gasteiger partial charge >= 0.3 is 0 Å². The molecule has 0 radical (unpaired) electrons. The minimum Gasteiger partial charge on any atom is -0.477 e. The third-order valence-corrected chi connectivity index (χ3v) is 4.79. The first-order chi connectivity index (χ1) is 14.2. The lowest BCUT2D eigenvalue weighted by Crippen LogP contribution is -2.19. The van der Waals surface area contributed by atoms with Gasteiger partial charge in [-0.25, -0.2) is 4.98 Å². The highest BCUT2D eigenvalue weighted by Crippen LogP contribution is 2.24. The second-order valence-corrected chi connectivity index (χ2v) is 6.79. The highest BCUT2D eigenvalue weighted by molar-refractivity contribution is 6.06. The predicted molar refractivity (Wildman–Crippen MR) is 112 cm³/mol. The molecule has 1 saturated heterocycles. The van der Waals surface area contributed by atoms with Crippen molar-refractivity contribution in [1.82, 2.24) is 15.2 Å². The number of rotatable bonds is 6. The number of ether oxygens (including phenoxy) is 1. The zero-order valence-electron chi connectivity index (χ0n) is 16.3. The fourth-order valence-electron chi connectivity index (χ4n) is 3.36. The van der Waals surface area contributed by atoms with E-state index in [4.69, 9.17) is 4.74 Å². The highest BCUT2D eigenvalue weighted by atomic mass is 16.5. The number of benzene rings is 1. The van der Waals surface area contributed by atoms with Gasteiger partial charge in [0.2, 0.25) is 5.88 Å². The number of amides is 1. The van der Waals surface area contributed by atoms with Crippen molar-refractivity contribution in [3.63, 3.8) is 0 Å². The van der Waals surface area contributed by atoms with Crippen LogP contribution in [0.3, 0.4) is 0 Å². The Kier molecular flexibility index (Phi) is 5.65. The molecule has 4 rings (SSSR count). The normalized spacial score (nSPS) is 13.3. The van der Waals surface area contributed by atoms with Crippen LogP contribution in [0.4, 0.5) is 11.5 Å². The molecule has 2 aromatic heterocycles. The second-order valence-electron chi connectivity index (χ2n) is 6.79. The SMILES string of the molecule is CCOc1ncccc1C(=O)Nc1cccc(-c2ccc(N3CCCC3)nn2)c1. The van der Waals surface area contributed by atoms with Gasteiger partial charge in [0, 0.05) is 30.5 Å². The standard InChI is InChI=1S/C22H23N5O2/c1-2-29-22-18(9-6-12-23-22)21(28)24-17-8-5-7-16(15-17)19-10-11-20(26-25-19)27-13-3-4-14-27/h5-12,15H,2-4,13-14H2,1H3,(H,24,28). The van der Waals surface area contributed by atoms with Crippen LogP contribution < -0.4 is 15.0 Å². The average Bonchev–Trinajstić information content (AvgIpc) is 3.30. The molecule has 148 valence electrons. The molecule has 1 amide bonds. The molecule has 1 aromatic carbocycles. The summed E-state index contributed by atoms with van der Waals surface area (Å²) in [4.78, 5) is 19.1. The number of nitrogens with zero attached hydrogens (tertiary/aromatic N) is 4. The van der Waals surface area contributed by atoms with E-state index in [9.17, 15) is 4.79 Å². The van der Waals surface area contributed by atoms with E-state index in [2.05, 4.69) is 25.4 Å². The van der Waals surface area contributed by atoms with Crippen molar-refractivity contribution in [2.75, 3.05) is 29.9 Å². The first-order valence-corrected chi connectivity index (χ1v) is 9.83. The van der Waals surface area contributed by atoms with Crippen molar-refractivity contribution in [2.24, 2.45) is 0 Å². The van der Waals surface area contributed by atoms with Crippen LogP contribution in [0.2, 0.25) is 0 Å². The van der Waals surface area contributed by atoms with Gasteiger partial charge in [-0.3, -0.25) is 4.79 Å². The highest BCUT2D eigenvalue weighted by Gasteiger charge is 2.15. The van der Waals surface area contributed by atoms with E-state index in [-0.39, 0.29) is 5.91 Å². The van der Waals surface area contributed by atoms with Crippen LogP contribution in [-0.2, 0) is 0 Å². The maximum atomic E-state index is 12.7. The van der Waals surface area contributed by atoms with Gasteiger partial charge in [-0.2, -0.15) is 0 Å². The number of pyridine rings is 1. The lowest BCUT2D eigenvalue weighted by atomic mass is 10.1. The van der Waals surface area contributed by atoms with Crippen LogP contribution in [0.5, 0.6) is 5.88 Å². The largest absolute Gasteiger partial charge is 0.477 e. The average molecular weight is 389 g/mol. The Morgan fingerprint density at radius 1 is 1.10 bits per heavy atom. The Bertz CT molecular complexity index is 985. The van der Waals surface area contributed by atoms with Crippen molar-refractivity contribution in [2.45, 2.75) is 19.8 Å². The van der Waals surface area contributed by atoms with E-state index in [0.29, 0.717) is 23.7 Å². The van der Waals surface area contributed by atoms with E-state index in [0.717, 1.165) is 30.2 Å². The molecule has 0 spiro atoms. The van der Waals surface area contributed by atoms with Crippen LogP contribution >= 0.6 is 0 Å². The maximum absolute atomic E-state index is 12.7. The minimum absolute atomic E-state index is 0.269. The number of carbonyl (C=O) groups excluding carboxylic acids is 1. The van der Waals surface area contributed by atoms with Gasteiger partial charge < -0.3 is 15.0 Å². The molecule has 0 aliphatic carbocycles. The molecule has 1 aliphatic heterocycles. The predicted octanol–water partition coefficient (Wildman–Crippen LogP) is 3.79. The summed E-state index contributed by atoms with van der Waals surface area (Å²) in [5.41, 5.74) is 2.72. The van der Waals surface area contributed by atoms with Gasteiger partial charge in [0.1, 0.15) is 5.56 Å². The van der Waals surface area contributed by atoms with Crippen LogP contribution in [0.1, 0.15) is 30.1 Å². The third-order valence-electron chi connectivity index (χ3n) is 4.79. The van der Waals surface area contributed by atoms with Gasteiger partial charge in [0.05, 0.1) is 12.3 Å². The Morgan fingerprint density at radius 3 is 2.72 bits per heavy atom. The molecule has 29 heavy (non-hydrogen) atoms. The summed E-state index contributed by atoms with van der Waals surface area (Å²) in [7, 11) is 0. The van der Waals surface area contributed by atoms with Crippen molar-refractivity contribution in [3.05, 3.63) is 60.3 Å². The van der Waals surface area contributed by atoms with Gasteiger partial charge in [0.15, 0.2) is 5.82 Å². The smallest absolute Gasteiger partial charge is 0.261 e. The number of nitrogens with one attached hydrogen (secondary N) is 1. The number of hydrogen-bond donors (Lipinski definition) is 1. The second kappa shape index (κ2) is 8.68. The topological polar surface area (TPSA) is 80.2 Å². The van der Waals surface area contributed by atoms with Crippen LogP contribution in [0.25, 0.3) is 11.3 Å². The quantitative estimate of drug-likeness (QED) is 0.691. The van der Waals surface area contributed by atoms with Gasteiger partial charge in [-0.15, -0.1) is 10.2 Å². The first-order valence-electron chi connectivity index (χ1n) is 9.83. The molecule has 0 saturated carbocycles. The molecule has 3 heterocycles. The summed E-state index contributed by atoms with van der Waals surface area (Å²) in [6, 6.07) is 14.9. The number of anilines is 2. The summed E-state index contributed by atoms with van der Waals surface area (Å²) in [6.45, 7) is 4.37. The number of carbonyl (C=O) groups is 1. The lowest BCUT2D eigenvalue weighted by Gasteiger charge is -2.15. The van der Waals surface area contributed by atoms with E-state index < -0.39 is 0 Å². The van der Waals surface area contributed by atoms with Gasteiger partial charge in [-0.1, -0.05) is 12.1 Å². The van der Waals surface area contributed by atoms with Crippen LogP contribution in [0, 0.1) is 0 Å². The molecular weight excluding hydrogens is 366 g/mol. The summed E-state index contributed by atoms with van der Waals surface area (Å²) in [5.74, 6) is 0.969. The summed E-state index contributed by atoms with van der Waals surface area (Å²) in [5, 5.41) is 11.7. The van der Waals surface area contributed by atoms with E-state index >= 15 is 0 Å². The summed E-state index contributed by atoms with van der Waals surface area (Å²) in [6.07, 6.45) is 4.01. The monoisotopic (exact) mass is 389 g/mol. The summed E-state index contributed by atoms with van der Waals surface area (Å²) >= 11 is 0. The molecule has 0 bridgehead atoms. The Morgan fingerprint density at radius 2 is 1.97 bits per heavy atom.